The molecule has 0 amide bonds. The van der Waals surface area contributed by atoms with E-state index in [0.29, 0.717) is 23.7 Å². The van der Waals surface area contributed by atoms with Gasteiger partial charge in [0.05, 0.1) is 25.4 Å². The SMILES string of the molecule is CCOc1cc(/C=C(/C#N)c2ccc(C)cc2)c(Br)cc1OC. The van der Waals surface area contributed by atoms with Crippen molar-refractivity contribution in [1.29, 1.82) is 5.26 Å². The summed E-state index contributed by atoms with van der Waals surface area (Å²) in [6.07, 6.45) is 1.84. The second kappa shape index (κ2) is 7.85. The van der Waals surface area contributed by atoms with Crippen LogP contribution in [0.4, 0.5) is 0 Å². The van der Waals surface area contributed by atoms with Crippen molar-refractivity contribution in [2.24, 2.45) is 0 Å². The van der Waals surface area contributed by atoms with E-state index in [2.05, 4.69) is 22.0 Å². The van der Waals surface area contributed by atoms with Crippen molar-refractivity contribution in [3.05, 3.63) is 57.6 Å². The number of allylic oxidation sites excluding steroid dienone is 1. The first-order chi connectivity index (χ1) is 11.1. The Bertz CT molecular complexity index is 758. The molecule has 0 aliphatic heterocycles. The maximum atomic E-state index is 9.48. The summed E-state index contributed by atoms with van der Waals surface area (Å²) in [5.74, 6) is 1.32. The number of benzene rings is 2. The molecule has 118 valence electrons. The Labute approximate surface area is 145 Å². The van der Waals surface area contributed by atoms with E-state index in [9.17, 15) is 5.26 Å². The highest BCUT2D eigenvalue weighted by Crippen LogP contribution is 2.35. The maximum Gasteiger partial charge on any atom is 0.161 e. The molecule has 0 saturated heterocycles. The average Bonchev–Trinajstić information content (AvgIpc) is 2.56. The van der Waals surface area contributed by atoms with Gasteiger partial charge in [-0.3, -0.25) is 0 Å². The van der Waals surface area contributed by atoms with Gasteiger partial charge in [0.1, 0.15) is 0 Å². The number of ether oxygens (including phenoxy) is 2. The predicted molar refractivity (Wildman–Crippen MR) is 96.5 cm³/mol. The minimum Gasteiger partial charge on any atom is -0.493 e. The van der Waals surface area contributed by atoms with Crippen molar-refractivity contribution in [3.8, 4) is 17.6 Å². The third-order valence-corrected chi connectivity index (χ3v) is 4.05. The number of nitriles is 1. The summed E-state index contributed by atoms with van der Waals surface area (Å²) >= 11 is 3.53. The standard InChI is InChI=1S/C19H18BrNO2/c1-4-23-19-10-15(17(20)11-18(19)22-3)9-16(12-21)14-7-5-13(2)6-8-14/h5-11H,4H2,1-3H3/b16-9-. The average molecular weight is 372 g/mol. The van der Waals surface area contributed by atoms with E-state index in [-0.39, 0.29) is 0 Å². The lowest BCUT2D eigenvalue weighted by Crippen LogP contribution is -1.96. The zero-order valence-corrected chi connectivity index (χ0v) is 15.0. The molecule has 3 nitrogen and oxygen atoms in total. The molecule has 0 heterocycles. The summed E-state index contributed by atoms with van der Waals surface area (Å²) in [4.78, 5) is 0. The molecule has 0 bridgehead atoms. The lowest BCUT2D eigenvalue weighted by molar-refractivity contribution is 0.310. The molecule has 2 aromatic rings. The van der Waals surface area contributed by atoms with Crippen molar-refractivity contribution in [2.75, 3.05) is 13.7 Å². The fraction of sp³-hybridized carbons (Fsp3) is 0.211. The minimum absolute atomic E-state index is 0.546. The van der Waals surface area contributed by atoms with Crippen LogP contribution in [-0.2, 0) is 0 Å². The number of hydrogen-bond donors (Lipinski definition) is 0. The van der Waals surface area contributed by atoms with Gasteiger partial charge in [-0.05, 0) is 43.2 Å². The van der Waals surface area contributed by atoms with E-state index in [1.807, 2.05) is 56.3 Å². The fourth-order valence-electron chi connectivity index (χ4n) is 2.16. The first kappa shape index (κ1) is 17.1. The van der Waals surface area contributed by atoms with Crippen LogP contribution in [0.3, 0.4) is 0 Å². The van der Waals surface area contributed by atoms with E-state index >= 15 is 0 Å². The van der Waals surface area contributed by atoms with Gasteiger partial charge in [0.2, 0.25) is 0 Å². The third kappa shape index (κ3) is 4.14. The molecule has 2 rings (SSSR count). The molecule has 2 aromatic carbocycles. The summed E-state index contributed by atoms with van der Waals surface area (Å²) in [5.41, 5.74) is 3.51. The number of aryl methyl sites for hydroxylation is 1. The van der Waals surface area contributed by atoms with Crippen molar-refractivity contribution in [3.63, 3.8) is 0 Å². The lowest BCUT2D eigenvalue weighted by Gasteiger charge is -2.12. The number of hydrogen-bond acceptors (Lipinski definition) is 3. The number of nitrogens with zero attached hydrogens (tertiary/aromatic N) is 1. The minimum atomic E-state index is 0.546. The highest BCUT2D eigenvalue weighted by molar-refractivity contribution is 9.10. The van der Waals surface area contributed by atoms with Gasteiger partial charge in [0.25, 0.3) is 0 Å². The monoisotopic (exact) mass is 371 g/mol. The third-order valence-electron chi connectivity index (χ3n) is 3.37. The van der Waals surface area contributed by atoms with E-state index in [4.69, 9.17) is 9.47 Å². The predicted octanol–water partition coefficient (Wildman–Crippen LogP) is 5.23. The topological polar surface area (TPSA) is 42.2 Å². The van der Waals surface area contributed by atoms with Gasteiger partial charge in [0, 0.05) is 4.47 Å². The molecule has 0 aliphatic carbocycles. The van der Waals surface area contributed by atoms with Crippen LogP contribution in [0.25, 0.3) is 11.6 Å². The molecule has 0 radical (unpaired) electrons. The van der Waals surface area contributed by atoms with Gasteiger partial charge >= 0.3 is 0 Å². The zero-order valence-electron chi connectivity index (χ0n) is 13.4. The molecule has 0 atom stereocenters. The first-order valence-electron chi connectivity index (χ1n) is 7.28. The van der Waals surface area contributed by atoms with Crippen molar-refractivity contribution < 1.29 is 9.47 Å². The highest BCUT2D eigenvalue weighted by atomic mass is 79.9. The second-order valence-electron chi connectivity index (χ2n) is 4.99. The Hall–Kier alpha value is -2.25. The number of rotatable bonds is 5. The smallest absolute Gasteiger partial charge is 0.161 e. The molecule has 0 N–H and O–H groups in total. The van der Waals surface area contributed by atoms with Crippen LogP contribution < -0.4 is 9.47 Å². The van der Waals surface area contributed by atoms with Crippen molar-refractivity contribution in [1.82, 2.24) is 0 Å². The molecular formula is C19H18BrNO2. The Kier molecular flexibility index (Phi) is 5.84. The quantitative estimate of drug-likeness (QED) is 0.533. The van der Waals surface area contributed by atoms with Gasteiger partial charge in [-0.25, -0.2) is 0 Å². The Morgan fingerprint density at radius 3 is 2.48 bits per heavy atom. The van der Waals surface area contributed by atoms with Crippen LogP contribution in [0.2, 0.25) is 0 Å². The molecular weight excluding hydrogens is 354 g/mol. The van der Waals surface area contributed by atoms with Gasteiger partial charge < -0.3 is 9.47 Å². The summed E-state index contributed by atoms with van der Waals surface area (Å²) in [5, 5.41) is 9.48. The van der Waals surface area contributed by atoms with E-state index < -0.39 is 0 Å². The van der Waals surface area contributed by atoms with Crippen molar-refractivity contribution in [2.45, 2.75) is 13.8 Å². The van der Waals surface area contributed by atoms with Crippen LogP contribution in [0.5, 0.6) is 11.5 Å². The van der Waals surface area contributed by atoms with E-state index in [1.165, 1.54) is 0 Å². The molecule has 0 unspecified atom stereocenters. The van der Waals surface area contributed by atoms with Crippen LogP contribution in [0, 0.1) is 18.3 Å². The molecule has 4 heteroatoms. The Morgan fingerprint density at radius 2 is 1.91 bits per heavy atom. The van der Waals surface area contributed by atoms with Crippen LogP contribution in [0.1, 0.15) is 23.6 Å². The lowest BCUT2D eigenvalue weighted by atomic mass is 10.0. The number of halogens is 1. The van der Waals surface area contributed by atoms with Crippen LogP contribution in [-0.4, -0.2) is 13.7 Å². The molecule has 0 spiro atoms. The van der Waals surface area contributed by atoms with E-state index in [1.54, 1.807) is 7.11 Å². The van der Waals surface area contributed by atoms with Crippen LogP contribution >= 0.6 is 15.9 Å². The van der Waals surface area contributed by atoms with Crippen LogP contribution in [0.15, 0.2) is 40.9 Å². The van der Waals surface area contributed by atoms with Crippen molar-refractivity contribution >= 4 is 27.6 Å². The normalized spacial score (nSPS) is 11.0. The summed E-state index contributed by atoms with van der Waals surface area (Å²) < 4.78 is 11.8. The van der Waals surface area contributed by atoms with Gasteiger partial charge in [-0.2, -0.15) is 5.26 Å². The molecule has 0 aromatic heterocycles. The second-order valence-corrected chi connectivity index (χ2v) is 5.85. The van der Waals surface area contributed by atoms with Gasteiger partial charge in [-0.15, -0.1) is 0 Å². The molecule has 23 heavy (non-hydrogen) atoms. The molecule has 0 aliphatic rings. The molecule has 0 saturated carbocycles. The summed E-state index contributed by atoms with van der Waals surface area (Å²) in [7, 11) is 1.60. The Morgan fingerprint density at radius 1 is 1.22 bits per heavy atom. The first-order valence-corrected chi connectivity index (χ1v) is 8.07. The van der Waals surface area contributed by atoms with Gasteiger partial charge in [-0.1, -0.05) is 45.8 Å². The van der Waals surface area contributed by atoms with Gasteiger partial charge in [0.15, 0.2) is 11.5 Å². The largest absolute Gasteiger partial charge is 0.493 e. The Balaban J connectivity index is 2.49. The zero-order chi connectivity index (χ0) is 16.8. The number of methoxy groups -OCH3 is 1. The fourth-order valence-corrected chi connectivity index (χ4v) is 2.59. The maximum absolute atomic E-state index is 9.48. The molecule has 0 fully saturated rings. The highest BCUT2D eigenvalue weighted by Gasteiger charge is 2.10. The summed E-state index contributed by atoms with van der Waals surface area (Å²) in [6.45, 7) is 4.49. The van der Waals surface area contributed by atoms with E-state index in [0.717, 1.165) is 21.2 Å². The summed E-state index contributed by atoms with van der Waals surface area (Å²) in [6, 6.07) is 13.9.